The third kappa shape index (κ3) is 4.03. The van der Waals surface area contributed by atoms with Crippen LogP contribution in [0.2, 0.25) is 0 Å². The summed E-state index contributed by atoms with van der Waals surface area (Å²) in [7, 11) is 3.66. The highest BCUT2D eigenvalue weighted by Gasteiger charge is 2.34. The molecule has 1 aliphatic rings. The number of likely N-dealkylation sites (N-methyl/N-ethyl adjacent to an activating group) is 1. The fourth-order valence-corrected chi connectivity index (χ4v) is 2.69. The average molecular weight is 279 g/mol. The van der Waals surface area contributed by atoms with Gasteiger partial charge in [-0.3, -0.25) is 4.90 Å². The van der Waals surface area contributed by atoms with Crippen molar-refractivity contribution >= 4 is 0 Å². The number of rotatable bonds is 6. The molecule has 112 valence electrons. The Hall–Kier alpha value is -0.940. The number of aryl methyl sites for hydroxylation is 1. The molecule has 0 bridgehead atoms. The standard InChI is InChI=1S/C16H25NO3/c1-17(10-6-9-13-7-4-3-5-8-13)14-11-20-12-15(19-2)16(14)18/h3-5,7-8,14-16,18H,6,9-12H2,1-2H3/t14-,15-,16+/m1/s1. The summed E-state index contributed by atoms with van der Waals surface area (Å²) in [6.45, 7) is 1.99. The molecule has 1 aliphatic heterocycles. The Bertz CT molecular complexity index is 385. The first-order valence-corrected chi connectivity index (χ1v) is 7.25. The summed E-state index contributed by atoms with van der Waals surface area (Å²) in [6.07, 6.45) is 1.44. The van der Waals surface area contributed by atoms with Crippen LogP contribution < -0.4 is 0 Å². The quantitative estimate of drug-likeness (QED) is 0.853. The maximum Gasteiger partial charge on any atom is 0.108 e. The summed E-state index contributed by atoms with van der Waals surface area (Å²) in [5, 5.41) is 10.3. The van der Waals surface area contributed by atoms with E-state index in [4.69, 9.17) is 9.47 Å². The summed E-state index contributed by atoms with van der Waals surface area (Å²) in [5.74, 6) is 0. The second-order valence-electron chi connectivity index (χ2n) is 5.44. The van der Waals surface area contributed by atoms with Gasteiger partial charge < -0.3 is 14.6 Å². The third-order valence-corrected chi connectivity index (χ3v) is 4.03. The Morgan fingerprint density at radius 1 is 1.30 bits per heavy atom. The molecular formula is C16H25NO3. The highest BCUT2D eigenvalue weighted by atomic mass is 16.5. The normalized spacial score (nSPS) is 26.9. The predicted octanol–water partition coefficient (Wildman–Crippen LogP) is 1.33. The van der Waals surface area contributed by atoms with E-state index in [9.17, 15) is 5.11 Å². The van der Waals surface area contributed by atoms with Crippen molar-refractivity contribution in [2.45, 2.75) is 31.1 Å². The zero-order valence-electron chi connectivity index (χ0n) is 12.4. The van der Waals surface area contributed by atoms with Gasteiger partial charge in [0.25, 0.3) is 0 Å². The lowest BCUT2D eigenvalue weighted by molar-refractivity contribution is -0.140. The summed E-state index contributed by atoms with van der Waals surface area (Å²) >= 11 is 0. The van der Waals surface area contributed by atoms with E-state index in [1.165, 1.54) is 5.56 Å². The van der Waals surface area contributed by atoms with Crippen LogP contribution in [0.15, 0.2) is 30.3 Å². The summed E-state index contributed by atoms with van der Waals surface area (Å²) in [4.78, 5) is 2.18. The second kappa shape index (κ2) is 7.74. The molecule has 2 rings (SSSR count). The molecule has 0 saturated carbocycles. The number of hydrogen-bond acceptors (Lipinski definition) is 4. The highest BCUT2D eigenvalue weighted by Crippen LogP contribution is 2.16. The third-order valence-electron chi connectivity index (χ3n) is 4.03. The molecule has 0 amide bonds. The van der Waals surface area contributed by atoms with Gasteiger partial charge in [-0.2, -0.15) is 0 Å². The van der Waals surface area contributed by atoms with Crippen LogP contribution in [-0.2, 0) is 15.9 Å². The molecule has 4 nitrogen and oxygen atoms in total. The molecule has 4 heteroatoms. The SMILES string of the molecule is CO[C@@H]1COC[C@@H](N(C)CCCc2ccccc2)[C@@H]1O. The molecule has 20 heavy (non-hydrogen) atoms. The van der Waals surface area contributed by atoms with Crippen LogP contribution in [0.4, 0.5) is 0 Å². The Morgan fingerprint density at radius 2 is 2.05 bits per heavy atom. The van der Waals surface area contributed by atoms with E-state index in [0.29, 0.717) is 13.2 Å². The van der Waals surface area contributed by atoms with Crippen molar-refractivity contribution < 1.29 is 14.6 Å². The van der Waals surface area contributed by atoms with Crippen molar-refractivity contribution in [2.24, 2.45) is 0 Å². The van der Waals surface area contributed by atoms with E-state index in [2.05, 4.69) is 29.2 Å². The minimum absolute atomic E-state index is 0.0180. The van der Waals surface area contributed by atoms with Crippen LogP contribution in [0, 0.1) is 0 Å². The van der Waals surface area contributed by atoms with Gasteiger partial charge in [0, 0.05) is 7.11 Å². The van der Waals surface area contributed by atoms with Gasteiger partial charge in [-0.25, -0.2) is 0 Å². The number of benzene rings is 1. The zero-order valence-corrected chi connectivity index (χ0v) is 12.4. The smallest absolute Gasteiger partial charge is 0.108 e. The van der Waals surface area contributed by atoms with E-state index in [-0.39, 0.29) is 12.1 Å². The summed E-state index contributed by atoms with van der Waals surface area (Å²) in [6, 6.07) is 10.5. The molecule has 0 radical (unpaired) electrons. The molecule has 1 heterocycles. The van der Waals surface area contributed by atoms with Gasteiger partial charge in [-0.1, -0.05) is 30.3 Å². The van der Waals surface area contributed by atoms with E-state index in [1.54, 1.807) is 7.11 Å². The minimum atomic E-state index is -0.476. The fraction of sp³-hybridized carbons (Fsp3) is 0.625. The average Bonchev–Trinajstić information content (AvgIpc) is 2.48. The minimum Gasteiger partial charge on any atom is -0.389 e. The Kier molecular flexibility index (Phi) is 5.98. The molecule has 1 N–H and O–H groups in total. The number of methoxy groups -OCH3 is 1. The number of ether oxygens (including phenoxy) is 2. The molecule has 0 spiro atoms. The monoisotopic (exact) mass is 279 g/mol. The first-order valence-electron chi connectivity index (χ1n) is 7.25. The summed E-state index contributed by atoms with van der Waals surface area (Å²) in [5.41, 5.74) is 1.36. The molecule has 1 saturated heterocycles. The van der Waals surface area contributed by atoms with Crippen LogP contribution in [-0.4, -0.2) is 62.2 Å². The Balaban J connectivity index is 1.78. The number of aliphatic hydroxyl groups is 1. The van der Waals surface area contributed by atoms with Crippen LogP contribution in [0.3, 0.4) is 0 Å². The van der Waals surface area contributed by atoms with Gasteiger partial charge in [-0.05, 0) is 32.0 Å². The topological polar surface area (TPSA) is 41.9 Å². The maximum atomic E-state index is 10.3. The van der Waals surface area contributed by atoms with E-state index in [1.807, 2.05) is 13.1 Å². The Labute approximate surface area is 121 Å². The van der Waals surface area contributed by atoms with Crippen LogP contribution >= 0.6 is 0 Å². The number of aliphatic hydroxyl groups excluding tert-OH is 1. The Morgan fingerprint density at radius 3 is 2.75 bits per heavy atom. The largest absolute Gasteiger partial charge is 0.389 e. The van der Waals surface area contributed by atoms with E-state index in [0.717, 1.165) is 19.4 Å². The molecule has 0 unspecified atom stereocenters. The summed E-state index contributed by atoms with van der Waals surface area (Å²) < 4.78 is 10.8. The molecule has 1 aromatic rings. The van der Waals surface area contributed by atoms with Gasteiger partial charge in [0.15, 0.2) is 0 Å². The first kappa shape index (κ1) is 15.4. The zero-order chi connectivity index (χ0) is 14.4. The molecule has 1 aromatic carbocycles. The van der Waals surface area contributed by atoms with E-state index < -0.39 is 6.10 Å². The van der Waals surface area contributed by atoms with Crippen molar-refractivity contribution in [1.82, 2.24) is 4.90 Å². The molecule has 1 fully saturated rings. The van der Waals surface area contributed by atoms with Crippen LogP contribution in [0.5, 0.6) is 0 Å². The molecule has 0 aliphatic carbocycles. The van der Waals surface area contributed by atoms with Gasteiger partial charge in [0.1, 0.15) is 12.2 Å². The van der Waals surface area contributed by atoms with Crippen molar-refractivity contribution in [1.29, 1.82) is 0 Å². The predicted molar refractivity (Wildman–Crippen MR) is 78.8 cm³/mol. The maximum absolute atomic E-state index is 10.3. The van der Waals surface area contributed by atoms with Gasteiger partial charge >= 0.3 is 0 Å². The van der Waals surface area contributed by atoms with Crippen molar-refractivity contribution in [2.75, 3.05) is 33.9 Å². The van der Waals surface area contributed by atoms with Crippen molar-refractivity contribution in [3.05, 3.63) is 35.9 Å². The second-order valence-corrected chi connectivity index (χ2v) is 5.44. The molecular weight excluding hydrogens is 254 g/mol. The highest BCUT2D eigenvalue weighted by molar-refractivity contribution is 5.14. The van der Waals surface area contributed by atoms with Gasteiger partial charge in [-0.15, -0.1) is 0 Å². The van der Waals surface area contributed by atoms with Crippen molar-refractivity contribution in [3.8, 4) is 0 Å². The first-order chi connectivity index (χ1) is 9.72. The van der Waals surface area contributed by atoms with Crippen molar-refractivity contribution in [3.63, 3.8) is 0 Å². The lowest BCUT2D eigenvalue weighted by Gasteiger charge is -2.39. The molecule has 3 atom stereocenters. The lowest BCUT2D eigenvalue weighted by Crippen LogP contribution is -2.55. The van der Waals surface area contributed by atoms with Crippen LogP contribution in [0.1, 0.15) is 12.0 Å². The number of hydrogen-bond donors (Lipinski definition) is 1. The number of nitrogens with zero attached hydrogens (tertiary/aromatic N) is 1. The van der Waals surface area contributed by atoms with Crippen LogP contribution in [0.25, 0.3) is 0 Å². The van der Waals surface area contributed by atoms with Gasteiger partial charge in [0.2, 0.25) is 0 Å². The van der Waals surface area contributed by atoms with Gasteiger partial charge in [0.05, 0.1) is 19.3 Å². The van der Waals surface area contributed by atoms with E-state index >= 15 is 0 Å². The molecule has 0 aromatic heterocycles. The fourth-order valence-electron chi connectivity index (χ4n) is 2.69. The lowest BCUT2D eigenvalue weighted by atomic mass is 10.0.